The van der Waals surface area contributed by atoms with Crippen molar-refractivity contribution in [3.8, 4) is 0 Å². The minimum absolute atomic E-state index is 0.130. The summed E-state index contributed by atoms with van der Waals surface area (Å²) in [6.45, 7) is 10.8. The van der Waals surface area contributed by atoms with Crippen molar-refractivity contribution in [3.63, 3.8) is 0 Å². The van der Waals surface area contributed by atoms with Crippen LogP contribution >= 0.6 is 11.3 Å². The Bertz CT molecular complexity index is 338. The van der Waals surface area contributed by atoms with Crippen LogP contribution in [0.25, 0.3) is 0 Å². The van der Waals surface area contributed by atoms with Gasteiger partial charge in [-0.1, -0.05) is 34.6 Å². The Hall–Kier alpha value is -0.410. The highest BCUT2D eigenvalue weighted by Crippen LogP contribution is 2.24. The third-order valence-corrected chi connectivity index (χ3v) is 3.66. The van der Waals surface area contributed by atoms with E-state index < -0.39 is 0 Å². The smallest absolute Gasteiger partial charge is 0.0929 e. The molecule has 1 aromatic heterocycles. The molecule has 0 saturated carbocycles. The fourth-order valence-corrected chi connectivity index (χ4v) is 2.76. The van der Waals surface area contributed by atoms with Gasteiger partial charge < -0.3 is 5.11 Å². The molecule has 0 aliphatic rings. The Morgan fingerprint density at radius 3 is 2.47 bits per heavy atom. The summed E-state index contributed by atoms with van der Waals surface area (Å²) in [4.78, 5) is 4.64. The Morgan fingerprint density at radius 1 is 1.35 bits per heavy atom. The van der Waals surface area contributed by atoms with E-state index in [0.29, 0.717) is 5.92 Å². The maximum absolute atomic E-state index is 9.82. The van der Waals surface area contributed by atoms with Crippen molar-refractivity contribution in [2.24, 2.45) is 5.92 Å². The summed E-state index contributed by atoms with van der Waals surface area (Å²) in [6.07, 6.45) is 2.43. The molecule has 1 atom stereocenters. The molecule has 0 aromatic carbocycles. The van der Waals surface area contributed by atoms with Crippen molar-refractivity contribution in [2.45, 2.75) is 65.4 Å². The number of aliphatic hydroxyl groups is 1. The van der Waals surface area contributed by atoms with Gasteiger partial charge in [0.15, 0.2) is 0 Å². The zero-order valence-corrected chi connectivity index (χ0v) is 12.5. The molecule has 0 spiro atoms. The quantitative estimate of drug-likeness (QED) is 0.868. The van der Waals surface area contributed by atoms with Gasteiger partial charge in [-0.05, 0) is 18.8 Å². The van der Waals surface area contributed by atoms with Crippen molar-refractivity contribution in [3.05, 3.63) is 16.1 Å². The second-order valence-corrected chi connectivity index (χ2v) is 7.14. The first-order valence-corrected chi connectivity index (χ1v) is 7.30. The lowest BCUT2D eigenvalue weighted by Crippen LogP contribution is -2.13. The van der Waals surface area contributed by atoms with E-state index in [9.17, 15) is 5.11 Å². The van der Waals surface area contributed by atoms with Gasteiger partial charge >= 0.3 is 0 Å². The molecule has 0 aliphatic carbocycles. The standard InChI is InChI=1S/C14H25NOS/c1-10(2)8-11(16)6-7-13-15-12(9-17-13)14(3,4)5/h9-11,16H,6-8H2,1-5H3. The molecule has 1 aromatic rings. The van der Waals surface area contributed by atoms with Gasteiger partial charge in [0.1, 0.15) is 0 Å². The molecule has 1 unspecified atom stereocenters. The largest absolute Gasteiger partial charge is 0.393 e. The van der Waals surface area contributed by atoms with Crippen LogP contribution < -0.4 is 0 Å². The van der Waals surface area contributed by atoms with E-state index in [-0.39, 0.29) is 11.5 Å². The van der Waals surface area contributed by atoms with Crippen LogP contribution in [0.3, 0.4) is 0 Å². The van der Waals surface area contributed by atoms with Gasteiger partial charge in [0, 0.05) is 17.2 Å². The molecule has 0 bridgehead atoms. The number of rotatable bonds is 5. The molecule has 3 heteroatoms. The fraction of sp³-hybridized carbons (Fsp3) is 0.786. The summed E-state index contributed by atoms with van der Waals surface area (Å²) in [5.41, 5.74) is 1.29. The molecule has 0 fully saturated rings. The highest BCUT2D eigenvalue weighted by molar-refractivity contribution is 7.09. The third-order valence-electron chi connectivity index (χ3n) is 2.76. The summed E-state index contributed by atoms with van der Waals surface area (Å²) < 4.78 is 0. The summed E-state index contributed by atoms with van der Waals surface area (Å²) in [5, 5.41) is 13.1. The van der Waals surface area contributed by atoms with Crippen molar-refractivity contribution >= 4 is 11.3 Å². The lowest BCUT2D eigenvalue weighted by Gasteiger charge is -2.14. The lowest BCUT2D eigenvalue weighted by atomic mass is 9.93. The molecule has 17 heavy (non-hydrogen) atoms. The van der Waals surface area contributed by atoms with Gasteiger partial charge in [-0.15, -0.1) is 11.3 Å². The first kappa shape index (κ1) is 14.7. The van der Waals surface area contributed by atoms with Gasteiger partial charge in [0.05, 0.1) is 16.8 Å². The van der Waals surface area contributed by atoms with Crippen LogP contribution in [0.4, 0.5) is 0 Å². The molecule has 0 radical (unpaired) electrons. The summed E-state index contributed by atoms with van der Waals surface area (Å²) in [5.74, 6) is 0.562. The average molecular weight is 255 g/mol. The maximum atomic E-state index is 9.82. The van der Waals surface area contributed by atoms with Gasteiger partial charge in [-0.3, -0.25) is 0 Å². The van der Waals surface area contributed by atoms with Crippen LogP contribution in [0.5, 0.6) is 0 Å². The van der Waals surface area contributed by atoms with Gasteiger partial charge in [0.25, 0.3) is 0 Å². The number of hydrogen-bond donors (Lipinski definition) is 1. The van der Waals surface area contributed by atoms with Crippen LogP contribution in [0, 0.1) is 5.92 Å². The van der Waals surface area contributed by atoms with Crippen molar-refractivity contribution in [1.29, 1.82) is 0 Å². The molecular weight excluding hydrogens is 230 g/mol. The molecule has 98 valence electrons. The zero-order valence-electron chi connectivity index (χ0n) is 11.7. The number of aromatic nitrogens is 1. The van der Waals surface area contributed by atoms with E-state index in [4.69, 9.17) is 0 Å². The van der Waals surface area contributed by atoms with Gasteiger partial charge in [0.2, 0.25) is 0 Å². The first-order chi connectivity index (χ1) is 7.79. The van der Waals surface area contributed by atoms with Crippen LogP contribution in [0.1, 0.15) is 58.2 Å². The van der Waals surface area contributed by atoms with Crippen molar-refractivity contribution in [2.75, 3.05) is 0 Å². The Kier molecular flexibility index (Phi) is 5.14. The van der Waals surface area contributed by atoms with E-state index in [1.165, 1.54) is 0 Å². The topological polar surface area (TPSA) is 33.1 Å². The zero-order chi connectivity index (χ0) is 13.1. The van der Waals surface area contributed by atoms with Crippen molar-refractivity contribution < 1.29 is 5.11 Å². The minimum atomic E-state index is -0.183. The Labute approximate surface area is 109 Å². The molecule has 0 saturated heterocycles. The van der Waals surface area contributed by atoms with E-state index in [1.807, 2.05) is 0 Å². The predicted molar refractivity (Wildman–Crippen MR) is 74.6 cm³/mol. The molecule has 0 aliphatic heterocycles. The van der Waals surface area contributed by atoms with E-state index in [2.05, 4.69) is 45.0 Å². The number of aliphatic hydroxyl groups excluding tert-OH is 1. The Balaban J connectivity index is 2.45. The fourth-order valence-electron chi connectivity index (χ4n) is 1.72. The molecular formula is C14H25NOS. The highest BCUT2D eigenvalue weighted by Gasteiger charge is 2.17. The molecule has 1 rings (SSSR count). The van der Waals surface area contributed by atoms with Crippen LogP contribution in [0.2, 0.25) is 0 Å². The number of thiazole rings is 1. The molecule has 1 N–H and O–H groups in total. The summed E-state index contributed by atoms with van der Waals surface area (Å²) in [7, 11) is 0. The SMILES string of the molecule is CC(C)CC(O)CCc1nc(C(C)(C)C)cs1. The number of nitrogens with zero attached hydrogens (tertiary/aromatic N) is 1. The summed E-state index contributed by atoms with van der Waals surface area (Å²) >= 11 is 1.72. The molecule has 0 amide bonds. The normalized spacial score (nSPS) is 14.3. The summed E-state index contributed by atoms with van der Waals surface area (Å²) in [6, 6.07) is 0. The van der Waals surface area contributed by atoms with Gasteiger partial charge in [-0.2, -0.15) is 0 Å². The third kappa shape index (κ3) is 5.17. The minimum Gasteiger partial charge on any atom is -0.393 e. The Morgan fingerprint density at radius 2 is 2.00 bits per heavy atom. The monoisotopic (exact) mass is 255 g/mol. The van der Waals surface area contributed by atoms with E-state index in [0.717, 1.165) is 30.0 Å². The molecule has 2 nitrogen and oxygen atoms in total. The van der Waals surface area contributed by atoms with Crippen molar-refractivity contribution in [1.82, 2.24) is 4.98 Å². The van der Waals surface area contributed by atoms with Gasteiger partial charge in [-0.25, -0.2) is 4.98 Å². The number of hydrogen-bond acceptors (Lipinski definition) is 3. The van der Waals surface area contributed by atoms with E-state index in [1.54, 1.807) is 11.3 Å². The second kappa shape index (κ2) is 5.96. The van der Waals surface area contributed by atoms with Crippen LogP contribution in [0.15, 0.2) is 5.38 Å². The lowest BCUT2D eigenvalue weighted by molar-refractivity contribution is 0.139. The van der Waals surface area contributed by atoms with E-state index >= 15 is 0 Å². The molecule has 1 heterocycles. The van der Waals surface area contributed by atoms with Crippen LogP contribution in [-0.4, -0.2) is 16.2 Å². The second-order valence-electron chi connectivity index (χ2n) is 6.20. The average Bonchev–Trinajstić information content (AvgIpc) is 2.61. The number of aryl methyl sites for hydroxylation is 1. The predicted octanol–water partition coefficient (Wildman–Crippen LogP) is 3.78. The first-order valence-electron chi connectivity index (χ1n) is 6.42. The maximum Gasteiger partial charge on any atom is 0.0929 e. The highest BCUT2D eigenvalue weighted by atomic mass is 32.1. The van der Waals surface area contributed by atoms with Crippen LogP contribution in [-0.2, 0) is 11.8 Å².